The molecule has 0 aliphatic carbocycles. The number of hydrogen-bond donors (Lipinski definition) is 0. The molecular formula is C15H18BrNO2. The number of amides is 1. The van der Waals surface area contributed by atoms with Gasteiger partial charge in [0.05, 0.1) is 6.54 Å². The summed E-state index contributed by atoms with van der Waals surface area (Å²) in [5, 5.41) is 0. The zero-order valence-corrected chi connectivity index (χ0v) is 12.8. The minimum atomic E-state index is -0.000874. The van der Waals surface area contributed by atoms with Crippen molar-refractivity contribution in [1.29, 1.82) is 0 Å². The lowest BCUT2D eigenvalue weighted by molar-refractivity contribution is -0.127. The lowest BCUT2D eigenvalue weighted by Crippen LogP contribution is -2.31. The number of nitrogens with zero attached hydrogens (tertiary/aromatic N) is 1. The second kappa shape index (κ2) is 5.87. The highest BCUT2D eigenvalue weighted by atomic mass is 79.9. The monoisotopic (exact) mass is 323 g/mol. The van der Waals surface area contributed by atoms with E-state index < -0.39 is 0 Å². The zero-order valence-electron chi connectivity index (χ0n) is 11.2. The van der Waals surface area contributed by atoms with Gasteiger partial charge in [-0.25, -0.2) is 0 Å². The van der Waals surface area contributed by atoms with Gasteiger partial charge in [0.2, 0.25) is 5.91 Å². The van der Waals surface area contributed by atoms with Crippen LogP contribution in [0.15, 0.2) is 28.7 Å². The molecule has 2 rings (SSSR count). The van der Waals surface area contributed by atoms with Crippen LogP contribution in [0.2, 0.25) is 0 Å². The van der Waals surface area contributed by atoms with Crippen molar-refractivity contribution in [3.8, 4) is 0 Å². The molecule has 0 bridgehead atoms. The Balaban J connectivity index is 2.02. The third kappa shape index (κ3) is 3.44. The van der Waals surface area contributed by atoms with E-state index in [9.17, 15) is 9.59 Å². The highest BCUT2D eigenvalue weighted by molar-refractivity contribution is 9.10. The van der Waals surface area contributed by atoms with Crippen LogP contribution in [-0.4, -0.2) is 29.7 Å². The van der Waals surface area contributed by atoms with Crippen molar-refractivity contribution in [3.63, 3.8) is 0 Å². The molecule has 0 N–H and O–H groups in total. The van der Waals surface area contributed by atoms with Crippen LogP contribution >= 0.6 is 15.9 Å². The molecule has 1 aliphatic rings. The number of halogens is 1. The number of carbonyl (C=O) groups excluding carboxylic acids is 2. The van der Waals surface area contributed by atoms with Crippen molar-refractivity contribution >= 4 is 27.6 Å². The molecule has 1 fully saturated rings. The summed E-state index contributed by atoms with van der Waals surface area (Å²) in [7, 11) is 0. The van der Waals surface area contributed by atoms with Crippen molar-refractivity contribution < 1.29 is 9.59 Å². The molecule has 102 valence electrons. The summed E-state index contributed by atoms with van der Waals surface area (Å²) >= 11 is 3.35. The fraction of sp³-hybridized carbons (Fsp3) is 0.467. The number of ketones is 1. The van der Waals surface area contributed by atoms with E-state index in [2.05, 4.69) is 29.8 Å². The van der Waals surface area contributed by atoms with Gasteiger partial charge >= 0.3 is 0 Å². The predicted octanol–water partition coefficient (Wildman–Crippen LogP) is 3.14. The highest BCUT2D eigenvalue weighted by Gasteiger charge is 2.32. The van der Waals surface area contributed by atoms with Crippen LogP contribution in [0.4, 0.5) is 0 Å². The van der Waals surface area contributed by atoms with Gasteiger partial charge in [-0.05, 0) is 24.0 Å². The van der Waals surface area contributed by atoms with E-state index in [-0.39, 0.29) is 18.2 Å². The van der Waals surface area contributed by atoms with E-state index in [1.54, 1.807) is 17.0 Å². The quantitative estimate of drug-likeness (QED) is 0.798. The van der Waals surface area contributed by atoms with Gasteiger partial charge in [-0.3, -0.25) is 9.59 Å². The van der Waals surface area contributed by atoms with Gasteiger partial charge in [-0.15, -0.1) is 0 Å². The van der Waals surface area contributed by atoms with Crippen LogP contribution in [0.5, 0.6) is 0 Å². The minimum absolute atomic E-state index is 0.000874. The van der Waals surface area contributed by atoms with Crippen LogP contribution in [0.25, 0.3) is 0 Å². The van der Waals surface area contributed by atoms with E-state index in [0.29, 0.717) is 30.4 Å². The van der Waals surface area contributed by atoms with E-state index >= 15 is 0 Å². The van der Waals surface area contributed by atoms with Crippen molar-refractivity contribution in [2.75, 3.05) is 13.1 Å². The average Bonchev–Trinajstić information content (AvgIpc) is 2.71. The summed E-state index contributed by atoms with van der Waals surface area (Å²) in [5.74, 6) is 0.957. The fourth-order valence-electron chi connectivity index (χ4n) is 2.33. The topological polar surface area (TPSA) is 37.4 Å². The number of likely N-dealkylation sites (tertiary alicyclic amines) is 1. The fourth-order valence-corrected chi connectivity index (χ4v) is 2.73. The lowest BCUT2D eigenvalue weighted by Gasteiger charge is -2.17. The Morgan fingerprint density at radius 2 is 2.21 bits per heavy atom. The SMILES string of the molecule is CC(C)C1CC(=O)N(CC(=O)c2cccc(Br)c2)C1. The van der Waals surface area contributed by atoms with E-state index in [4.69, 9.17) is 0 Å². The first-order valence-electron chi connectivity index (χ1n) is 6.54. The molecule has 0 radical (unpaired) electrons. The Morgan fingerprint density at radius 3 is 2.79 bits per heavy atom. The predicted molar refractivity (Wildman–Crippen MR) is 78.0 cm³/mol. The van der Waals surface area contributed by atoms with Crippen molar-refractivity contribution in [3.05, 3.63) is 34.3 Å². The van der Waals surface area contributed by atoms with Crippen molar-refractivity contribution in [2.24, 2.45) is 11.8 Å². The molecule has 1 aromatic carbocycles. The molecule has 0 aromatic heterocycles. The average molecular weight is 324 g/mol. The number of carbonyl (C=O) groups is 2. The second-order valence-electron chi connectivity index (χ2n) is 5.42. The number of Topliss-reactive ketones (excluding diaryl/α,β-unsaturated/α-hetero) is 1. The summed E-state index contributed by atoms with van der Waals surface area (Å²) in [5.41, 5.74) is 0.648. The number of hydrogen-bond acceptors (Lipinski definition) is 2. The molecule has 1 saturated heterocycles. The third-order valence-corrected chi connectivity index (χ3v) is 4.16. The van der Waals surface area contributed by atoms with E-state index in [1.807, 2.05) is 12.1 Å². The minimum Gasteiger partial charge on any atom is -0.335 e. The summed E-state index contributed by atoms with van der Waals surface area (Å²) < 4.78 is 0.881. The molecule has 1 heterocycles. The summed E-state index contributed by atoms with van der Waals surface area (Å²) in [6, 6.07) is 7.29. The zero-order chi connectivity index (χ0) is 14.0. The molecule has 1 aliphatic heterocycles. The largest absolute Gasteiger partial charge is 0.335 e. The third-order valence-electron chi connectivity index (χ3n) is 3.67. The Labute approximate surface area is 122 Å². The van der Waals surface area contributed by atoms with Gasteiger partial charge in [-0.2, -0.15) is 0 Å². The first-order valence-corrected chi connectivity index (χ1v) is 7.33. The number of benzene rings is 1. The van der Waals surface area contributed by atoms with Crippen LogP contribution in [0, 0.1) is 11.8 Å². The molecule has 4 heteroatoms. The highest BCUT2D eigenvalue weighted by Crippen LogP contribution is 2.25. The molecule has 0 saturated carbocycles. The summed E-state index contributed by atoms with van der Waals surface area (Å²) in [4.78, 5) is 25.7. The maximum Gasteiger partial charge on any atom is 0.223 e. The molecule has 1 unspecified atom stereocenters. The second-order valence-corrected chi connectivity index (χ2v) is 6.33. The maximum absolute atomic E-state index is 12.2. The van der Waals surface area contributed by atoms with Gasteiger partial charge in [0.1, 0.15) is 0 Å². The standard InChI is InChI=1S/C15H18BrNO2/c1-10(2)12-7-15(19)17(8-12)9-14(18)11-4-3-5-13(16)6-11/h3-6,10,12H,7-9H2,1-2H3. The van der Waals surface area contributed by atoms with Gasteiger partial charge in [-0.1, -0.05) is 41.9 Å². The molecule has 1 aromatic rings. The Kier molecular flexibility index (Phi) is 4.40. The van der Waals surface area contributed by atoms with Gasteiger partial charge in [0.25, 0.3) is 0 Å². The van der Waals surface area contributed by atoms with Crippen LogP contribution in [-0.2, 0) is 4.79 Å². The first-order chi connectivity index (χ1) is 8.97. The summed E-state index contributed by atoms with van der Waals surface area (Å²) in [6.07, 6.45) is 0.573. The Bertz CT molecular complexity index is 499. The lowest BCUT2D eigenvalue weighted by atomic mass is 9.95. The molecule has 1 amide bonds. The van der Waals surface area contributed by atoms with Gasteiger partial charge in [0, 0.05) is 23.0 Å². The Hall–Kier alpha value is -1.16. The first kappa shape index (κ1) is 14.3. The van der Waals surface area contributed by atoms with Crippen molar-refractivity contribution in [1.82, 2.24) is 4.90 Å². The molecule has 1 atom stereocenters. The Morgan fingerprint density at radius 1 is 1.47 bits per heavy atom. The van der Waals surface area contributed by atoms with Crippen molar-refractivity contribution in [2.45, 2.75) is 20.3 Å². The van der Waals surface area contributed by atoms with Crippen LogP contribution in [0.3, 0.4) is 0 Å². The molecule has 0 spiro atoms. The normalized spacial score (nSPS) is 19.3. The van der Waals surface area contributed by atoms with Crippen LogP contribution in [0.1, 0.15) is 30.6 Å². The van der Waals surface area contributed by atoms with Crippen LogP contribution < -0.4 is 0 Å². The summed E-state index contributed by atoms with van der Waals surface area (Å²) in [6.45, 7) is 5.14. The number of rotatable bonds is 4. The molecular weight excluding hydrogens is 306 g/mol. The van der Waals surface area contributed by atoms with Gasteiger partial charge in [0.15, 0.2) is 5.78 Å². The molecule has 3 nitrogen and oxygen atoms in total. The smallest absolute Gasteiger partial charge is 0.223 e. The van der Waals surface area contributed by atoms with E-state index in [1.165, 1.54) is 0 Å². The maximum atomic E-state index is 12.2. The molecule has 19 heavy (non-hydrogen) atoms. The van der Waals surface area contributed by atoms with E-state index in [0.717, 1.165) is 4.47 Å². The van der Waals surface area contributed by atoms with Gasteiger partial charge < -0.3 is 4.90 Å².